The number of nitrogens with zero attached hydrogens (tertiary/aromatic N) is 3. The smallest absolute Gasteiger partial charge is 0.481 e. The number of alkyl halides is 3. The highest BCUT2D eigenvalue weighted by Gasteiger charge is 2.50. The van der Waals surface area contributed by atoms with Gasteiger partial charge in [0, 0.05) is 30.7 Å². The van der Waals surface area contributed by atoms with E-state index in [1.807, 2.05) is 0 Å². The molecule has 0 amide bonds. The molecule has 0 bridgehead atoms. The van der Waals surface area contributed by atoms with Crippen LogP contribution < -0.4 is 30.5 Å². The lowest BCUT2D eigenvalue weighted by molar-refractivity contribution is -0.274. The van der Waals surface area contributed by atoms with Crippen LogP contribution in [0.15, 0.2) is 58.1 Å². The first-order chi connectivity index (χ1) is 18.4. The Labute approximate surface area is 223 Å². The summed E-state index contributed by atoms with van der Waals surface area (Å²) < 4.78 is 49.9. The topological polar surface area (TPSA) is 117 Å². The number of hydrogen-bond donors (Lipinski definition) is 2. The average Bonchev–Trinajstić information content (AvgIpc) is 3.11. The highest BCUT2D eigenvalue weighted by atomic mass is 35.5. The van der Waals surface area contributed by atoms with Crippen LogP contribution in [0.3, 0.4) is 0 Å². The number of ether oxygens (including phenoxy) is 2. The standard InChI is InChI=1S/C25H22ClF3N4O6/c1-31-21-19(20(34)30-23(31)37)32(12-13-5-7-15(26)8-6-13)24(33(21)16-9-14(10-16)22(35)36)38-17-3-2-4-18(11-17)39-25(27,28)29/h2-8,11,14,16,24H,9-10,12H2,1H3,(H,35,36)(H,30,34,37). The van der Waals surface area contributed by atoms with E-state index in [2.05, 4.69) is 9.72 Å². The quantitative estimate of drug-likeness (QED) is 0.445. The van der Waals surface area contributed by atoms with E-state index in [4.69, 9.17) is 16.3 Å². The van der Waals surface area contributed by atoms with E-state index in [0.29, 0.717) is 5.02 Å². The Morgan fingerprint density at radius 1 is 1.13 bits per heavy atom. The highest BCUT2D eigenvalue weighted by molar-refractivity contribution is 6.30. The number of carboxylic acid groups (broad SMARTS) is 1. The zero-order valence-electron chi connectivity index (χ0n) is 20.3. The molecule has 1 aliphatic heterocycles. The molecule has 206 valence electrons. The maximum absolute atomic E-state index is 13.1. The number of carboxylic acids is 1. The lowest BCUT2D eigenvalue weighted by Crippen LogP contribution is -2.56. The summed E-state index contributed by atoms with van der Waals surface area (Å²) in [4.78, 5) is 42.7. The van der Waals surface area contributed by atoms with Crippen molar-refractivity contribution in [1.82, 2.24) is 9.55 Å². The van der Waals surface area contributed by atoms with Gasteiger partial charge in [0.2, 0.25) is 0 Å². The predicted octanol–water partition coefficient (Wildman–Crippen LogP) is 3.68. The number of halogens is 4. The van der Waals surface area contributed by atoms with Crippen molar-refractivity contribution in [2.24, 2.45) is 13.0 Å². The first-order valence-electron chi connectivity index (χ1n) is 11.8. The minimum atomic E-state index is -4.92. The number of anilines is 2. The van der Waals surface area contributed by atoms with Crippen molar-refractivity contribution in [2.75, 3.05) is 9.80 Å². The van der Waals surface area contributed by atoms with E-state index in [1.165, 1.54) is 23.7 Å². The molecule has 10 nitrogen and oxygen atoms in total. The number of nitrogens with one attached hydrogen (secondary N) is 1. The minimum absolute atomic E-state index is 0.00352. The molecule has 2 aliphatic rings. The molecule has 1 saturated carbocycles. The van der Waals surface area contributed by atoms with Crippen LogP contribution in [-0.2, 0) is 18.4 Å². The van der Waals surface area contributed by atoms with Crippen LogP contribution in [0.4, 0.5) is 24.7 Å². The molecule has 0 saturated heterocycles. The summed E-state index contributed by atoms with van der Waals surface area (Å²) in [6.45, 7) is 0.0977. The van der Waals surface area contributed by atoms with Crippen LogP contribution in [-0.4, -0.2) is 39.4 Å². The molecule has 1 fully saturated rings. The van der Waals surface area contributed by atoms with E-state index in [9.17, 15) is 32.7 Å². The Balaban J connectivity index is 1.60. The number of carbonyl (C=O) groups is 1. The van der Waals surface area contributed by atoms with Crippen LogP contribution in [0, 0.1) is 5.92 Å². The molecule has 2 heterocycles. The molecule has 1 unspecified atom stereocenters. The third-order valence-corrected chi connectivity index (χ3v) is 6.96. The fraction of sp³-hybridized carbons (Fsp3) is 0.320. The summed E-state index contributed by atoms with van der Waals surface area (Å²) in [6.07, 6.45) is -5.62. The van der Waals surface area contributed by atoms with Crippen molar-refractivity contribution in [3.05, 3.63) is 80.0 Å². The van der Waals surface area contributed by atoms with Crippen molar-refractivity contribution < 1.29 is 32.5 Å². The Bertz CT molecular complexity index is 1520. The number of hydrogen-bond acceptors (Lipinski definition) is 7. The fourth-order valence-electron chi connectivity index (χ4n) is 4.82. The Kier molecular flexibility index (Phi) is 6.70. The van der Waals surface area contributed by atoms with Gasteiger partial charge in [-0.05, 0) is 42.7 Å². The molecular weight excluding hydrogens is 545 g/mol. The number of aliphatic carboxylic acids is 1. The van der Waals surface area contributed by atoms with Gasteiger partial charge in [0.25, 0.3) is 11.9 Å². The number of fused-ring (bicyclic) bond motifs is 1. The fourth-order valence-corrected chi connectivity index (χ4v) is 4.94. The first kappa shape index (κ1) is 26.5. The molecule has 2 aromatic carbocycles. The van der Waals surface area contributed by atoms with E-state index in [-0.39, 0.29) is 36.6 Å². The number of aromatic nitrogens is 2. The molecule has 5 rings (SSSR count). The summed E-state index contributed by atoms with van der Waals surface area (Å²) in [7, 11) is 1.46. The minimum Gasteiger partial charge on any atom is -0.481 e. The van der Waals surface area contributed by atoms with E-state index >= 15 is 0 Å². The molecular formula is C25H22ClF3N4O6. The lowest BCUT2D eigenvalue weighted by atomic mass is 9.79. The maximum atomic E-state index is 13.1. The summed E-state index contributed by atoms with van der Waals surface area (Å²) in [5, 5.41) is 9.93. The maximum Gasteiger partial charge on any atom is 0.573 e. The molecule has 1 aliphatic carbocycles. The zero-order chi connectivity index (χ0) is 28.1. The molecule has 39 heavy (non-hydrogen) atoms. The van der Waals surface area contributed by atoms with E-state index in [0.717, 1.165) is 17.7 Å². The van der Waals surface area contributed by atoms with Crippen LogP contribution in [0.2, 0.25) is 5.02 Å². The SMILES string of the molecule is Cn1c2c(c(=O)[nH]c1=O)N(Cc1ccc(Cl)cc1)C(Oc1cccc(OC(F)(F)F)c1)N2C1CC(C(=O)O)C1. The second-order valence-electron chi connectivity index (χ2n) is 9.28. The van der Waals surface area contributed by atoms with Gasteiger partial charge in [-0.15, -0.1) is 13.2 Å². The molecule has 2 N–H and O–H groups in total. The monoisotopic (exact) mass is 566 g/mol. The summed E-state index contributed by atoms with van der Waals surface area (Å²) in [5.74, 6) is -1.91. The van der Waals surface area contributed by atoms with Gasteiger partial charge in [-0.2, -0.15) is 0 Å². The number of H-pyrrole nitrogens is 1. The Morgan fingerprint density at radius 3 is 2.44 bits per heavy atom. The van der Waals surface area contributed by atoms with Gasteiger partial charge >= 0.3 is 18.0 Å². The molecule has 0 radical (unpaired) electrons. The van der Waals surface area contributed by atoms with Crippen molar-refractivity contribution in [1.29, 1.82) is 0 Å². The van der Waals surface area contributed by atoms with Crippen LogP contribution in [0.25, 0.3) is 0 Å². The third-order valence-electron chi connectivity index (χ3n) is 6.71. The van der Waals surface area contributed by atoms with Gasteiger partial charge in [0.05, 0.1) is 5.92 Å². The van der Waals surface area contributed by atoms with E-state index < -0.39 is 47.6 Å². The van der Waals surface area contributed by atoms with Gasteiger partial charge in [-0.3, -0.25) is 24.0 Å². The molecule has 3 aromatic rings. The van der Waals surface area contributed by atoms with Crippen molar-refractivity contribution in [3.63, 3.8) is 0 Å². The largest absolute Gasteiger partial charge is 0.573 e. The first-order valence-corrected chi connectivity index (χ1v) is 12.2. The second-order valence-corrected chi connectivity index (χ2v) is 9.72. The Hall–Kier alpha value is -4.13. The zero-order valence-corrected chi connectivity index (χ0v) is 21.1. The van der Waals surface area contributed by atoms with Gasteiger partial charge < -0.3 is 19.5 Å². The molecule has 0 spiro atoms. The highest BCUT2D eigenvalue weighted by Crippen LogP contribution is 2.45. The summed E-state index contributed by atoms with van der Waals surface area (Å²) in [6, 6.07) is 11.3. The van der Waals surface area contributed by atoms with Crippen molar-refractivity contribution in [2.45, 2.75) is 38.1 Å². The normalized spacial score (nSPS) is 20.4. The predicted molar refractivity (Wildman–Crippen MR) is 134 cm³/mol. The molecule has 1 atom stereocenters. The summed E-state index contributed by atoms with van der Waals surface area (Å²) in [5.41, 5.74) is -0.564. The molecule has 14 heteroatoms. The number of benzene rings is 2. The summed E-state index contributed by atoms with van der Waals surface area (Å²) >= 11 is 6.02. The van der Waals surface area contributed by atoms with Gasteiger partial charge in [0.1, 0.15) is 23.0 Å². The average molecular weight is 567 g/mol. The lowest BCUT2D eigenvalue weighted by Gasteiger charge is -2.44. The number of aromatic amines is 1. The van der Waals surface area contributed by atoms with Crippen molar-refractivity contribution in [3.8, 4) is 11.5 Å². The van der Waals surface area contributed by atoms with Crippen LogP contribution in [0.1, 0.15) is 18.4 Å². The van der Waals surface area contributed by atoms with Crippen molar-refractivity contribution >= 4 is 29.1 Å². The second kappa shape index (κ2) is 9.88. The Morgan fingerprint density at radius 2 is 1.79 bits per heavy atom. The number of rotatable bonds is 7. The van der Waals surface area contributed by atoms with Gasteiger partial charge in [0.15, 0.2) is 0 Å². The van der Waals surface area contributed by atoms with Crippen LogP contribution in [0.5, 0.6) is 11.5 Å². The van der Waals surface area contributed by atoms with E-state index in [1.54, 1.807) is 34.1 Å². The van der Waals surface area contributed by atoms with Gasteiger partial charge in [-0.1, -0.05) is 29.8 Å². The van der Waals surface area contributed by atoms with Gasteiger partial charge in [-0.25, -0.2) is 4.79 Å². The van der Waals surface area contributed by atoms with Crippen LogP contribution >= 0.6 is 11.6 Å². The third kappa shape index (κ3) is 5.26. The molecule has 1 aromatic heterocycles.